The number of nitrogens with zero attached hydrogens (tertiary/aromatic N) is 1. The van der Waals surface area contributed by atoms with Gasteiger partial charge in [-0.3, -0.25) is 0 Å². The molecule has 0 bridgehead atoms. The fourth-order valence-electron chi connectivity index (χ4n) is 1.61. The number of pyridine rings is 1. The predicted molar refractivity (Wildman–Crippen MR) is 69.3 cm³/mol. The fraction of sp³-hybridized carbons (Fsp3) is 0.214. The van der Waals surface area contributed by atoms with E-state index in [2.05, 4.69) is 10.3 Å². The highest BCUT2D eigenvalue weighted by atomic mass is 19.1. The third-order valence-corrected chi connectivity index (χ3v) is 2.61. The molecule has 1 heterocycles. The van der Waals surface area contributed by atoms with Crippen LogP contribution in [0.3, 0.4) is 0 Å². The van der Waals surface area contributed by atoms with Gasteiger partial charge >= 0.3 is 0 Å². The van der Waals surface area contributed by atoms with Crippen molar-refractivity contribution in [3.8, 4) is 5.88 Å². The van der Waals surface area contributed by atoms with Gasteiger partial charge in [-0.2, -0.15) is 0 Å². The Morgan fingerprint density at radius 3 is 2.78 bits per heavy atom. The molecule has 1 aromatic heterocycles. The molecule has 0 saturated carbocycles. The summed E-state index contributed by atoms with van der Waals surface area (Å²) in [5.41, 5.74) is 2.49. The number of benzene rings is 1. The van der Waals surface area contributed by atoms with Crippen molar-refractivity contribution in [1.29, 1.82) is 0 Å². The molecule has 3 nitrogen and oxygen atoms in total. The van der Waals surface area contributed by atoms with Crippen molar-refractivity contribution in [2.45, 2.75) is 13.5 Å². The molecular formula is C14H15FN2O. The summed E-state index contributed by atoms with van der Waals surface area (Å²) < 4.78 is 18.5. The minimum absolute atomic E-state index is 0.248. The smallest absolute Gasteiger partial charge is 0.212 e. The van der Waals surface area contributed by atoms with Crippen molar-refractivity contribution in [2.75, 3.05) is 12.4 Å². The number of aryl methyl sites for hydroxylation is 1. The van der Waals surface area contributed by atoms with Crippen LogP contribution in [-0.4, -0.2) is 12.1 Å². The summed E-state index contributed by atoms with van der Waals surface area (Å²) in [5, 5.41) is 3.05. The Bertz CT molecular complexity index is 526. The largest absolute Gasteiger partial charge is 0.481 e. The average molecular weight is 246 g/mol. The van der Waals surface area contributed by atoms with E-state index in [4.69, 9.17) is 4.74 Å². The Balaban J connectivity index is 2.04. The highest BCUT2D eigenvalue weighted by Gasteiger charge is 2.02. The molecule has 0 aliphatic heterocycles. The Morgan fingerprint density at radius 2 is 2.11 bits per heavy atom. The molecule has 18 heavy (non-hydrogen) atoms. The van der Waals surface area contributed by atoms with Crippen LogP contribution in [0.15, 0.2) is 36.5 Å². The van der Waals surface area contributed by atoms with Gasteiger partial charge in [-0.25, -0.2) is 9.37 Å². The third kappa shape index (κ3) is 2.97. The van der Waals surface area contributed by atoms with Crippen molar-refractivity contribution in [2.24, 2.45) is 0 Å². The Hall–Kier alpha value is -2.10. The molecule has 2 aromatic rings. The van der Waals surface area contributed by atoms with Crippen LogP contribution in [0.2, 0.25) is 0 Å². The average Bonchev–Trinajstić information content (AvgIpc) is 2.40. The molecule has 0 atom stereocenters. The number of anilines is 1. The normalized spacial score (nSPS) is 10.2. The van der Waals surface area contributed by atoms with Crippen LogP contribution in [0.25, 0.3) is 0 Å². The minimum Gasteiger partial charge on any atom is -0.481 e. The molecule has 0 amide bonds. The topological polar surface area (TPSA) is 34.1 Å². The van der Waals surface area contributed by atoms with Crippen LogP contribution in [0.5, 0.6) is 5.88 Å². The number of ether oxygens (including phenoxy) is 1. The molecule has 0 saturated heterocycles. The fourth-order valence-corrected chi connectivity index (χ4v) is 1.61. The number of halogens is 1. The number of hydrogen-bond donors (Lipinski definition) is 1. The maximum atomic E-state index is 13.5. The standard InChI is InChI=1S/C14H15FN2O/c1-10-3-5-12(15)13(7-10)16-8-11-4-6-14(18-2)17-9-11/h3-7,9,16H,8H2,1-2H3. The van der Waals surface area contributed by atoms with E-state index in [-0.39, 0.29) is 5.82 Å². The molecule has 0 radical (unpaired) electrons. The quantitative estimate of drug-likeness (QED) is 0.899. The van der Waals surface area contributed by atoms with Crippen LogP contribution < -0.4 is 10.1 Å². The zero-order valence-corrected chi connectivity index (χ0v) is 10.4. The monoisotopic (exact) mass is 246 g/mol. The zero-order chi connectivity index (χ0) is 13.0. The molecule has 94 valence electrons. The second-order valence-corrected chi connectivity index (χ2v) is 4.05. The summed E-state index contributed by atoms with van der Waals surface area (Å²) in [6.07, 6.45) is 1.71. The zero-order valence-electron chi connectivity index (χ0n) is 10.4. The molecule has 4 heteroatoms. The number of aromatic nitrogens is 1. The van der Waals surface area contributed by atoms with Gasteiger partial charge in [0, 0.05) is 18.8 Å². The Labute approximate surface area is 106 Å². The van der Waals surface area contributed by atoms with E-state index >= 15 is 0 Å². The van der Waals surface area contributed by atoms with Crippen molar-refractivity contribution in [3.63, 3.8) is 0 Å². The van der Waals surface area contributed by atoms with Crippen molar-refractivity contribution in [1.82, 2.24) is 4.98 Å². The van der Waals surface area contributed by atoms with Gasteiger partial charge in [0.1, 0.15) is 5.82 Å². The summed E-state index contributed by atoms with van der Waals surface area (Å²) >= 11 is 0. The first kappa shape index (κ1) is 12.4. The number of hydrogen-bond acceptors (Lipinski definition) is 3. The lowest BCUT2D eigenvalue weighted by atomic mass is 10.2. The molecule has 0 unspecified atom stereocenters. The molecule has 0 fully saturated rings. The minimum atomic E-state index is -0.248. The molecule has 2 rings (SSSR count). The number of nitrogens with one attached hydrogen (secondary N) is 1. The first-order valence-corrected chi connectivity index (χ1v) is 5.68. The van der Waals surface area contributed by atoms with Crippen LogP contribution >= 0.6 is 0 Å². The molecule has 0 aliphatic rings. The molecule has 0 spiro atoms. The maximum absolute atomic E-state index is 13.5. The van der Waals surface area contributed by atoms with E-state index in [0.717, 1.165) is 11.1 Å². The lowest BCUT2D eigenvalue weighted by Gasteiger charge is -2.08. The van der Waals surface area contributed by atoms with Crippen LogP contribution in [0.4, 0.5) is 10.1 Å². The summed E-state index contributed by atoms with van der Waals surface area (Å²) in [6, 6.07) is 8.67. The van der Waals surface area contributed by atoms with Gasteiger partial charge in [0.2, 0.25) is 5.88 Å². The second-order valence-electron chi connectivity index (χ2n) is 4.05. The summed E-state index contributed by atoms with van der Waals surface area (Å²) in [7, 11) is 1.57. The van der Waals surface area contributed by atoms with Gasteiger partial charge in [-0.05, 0) is 30.2 Å². The summed E-state index contributed by atoms with van der Waals surface area (Å²) in [5.74, 6) is 0.322. The summed E-state index contributed by atoms with van der Waals surface area (Å²) in [6.45, 7) is 2.46. The van der Waals surface area contributed by atoms with E-state index in [1.807, 2.05) is 13.0 Å². The highest BCUT2D eigenvalue weighted by Crippen LogP contribution is 2.17. The van der Waals surface area contributed by atoms with Crippen molar-refractivity contribution >= 4 is 5.69 Å². The predicted octanol–water partition coefficient (Wildman–Crippen LogP) is 3.15. The van der Waals surface area contributed by atoms with E-state index in [1.165, 1.54) is 6.07 Å². The Kier molecular flexibility index (Phi) is 3.77. The van der Waals surface area contributed by atoms with Crippen LogP contribution in [0, 0.1) is 12.7 Å². The molecule has 1 N–H and O–H groups in total. The number of rotatable bonds is 4. The van der Waals surface area contributed by atoms with E-state index in [9.17, 15) is 4.39 Å². The van der Waals surface area contributed by atoms with Gasteiger partial charge in [-0.15, -0.1) is 0 Å². The van der Waals surface area contributed by atoms with E-state index in [1.54, 1.807) is 31.5 Å². The van der Waals surface area contributed by atoms with Gasteiger partial charge in [0.05, 0.1) is 12.8 Å². The van der Waals surface area contributed by atoms with Gasteiger partial charge in [0.25, 0.3) is 0 Å². The summed E-state index contributed by atoms with van der Waals surface area (Å²) in [4.78, 5) is 4.09. The van der Waals surface area contributed by atoms with Gasteiger partial charge < -0.3 is 10.1 Å². The van der Waals surface area contributed by atoms with Gasteiger partial charge in [0.15, 0.2) is 0 Å². The first-order chi connectivity index (χ1) is 8.69. The SMILES string of the molecule is COc1ccc(CNc2cc(C)ccc2F)cn1. The Morgan fingerprint density at radius 1 is 1.28 bits per heavy atom. The van der Waals surface area contributed by atoms with Gasteiger partial charge in [-0.1, -0.05) is 12.1 Å². The number of methoxy groups -OCH3 is 1. The lowest BCUT2D eigenvalue weighted by Crippen LogP contribution is -2.02. The van der Waals surface area contributed by atoms with Crippen molar-refractivity contribution in [3.05, 3.63) is 53.5 Å². The molecule has 1 aromatic carbocycles. The van der Waals surface area contributed by atoms with Crippen LogP contribution in [-0.2, 0) is 6.54 Å². The van der Waals surface area contributed by atoms with Crippen LogP contribution in [0.1, 0.15) is 11.1 Å². The van der Waals surface area contributed by atoms with E-state index in [0.29, 0.717) is 18.1 Å². The maximum Gasteiger partial charge on any atom is 0.212 e. The van der Waals surface area contributed by atoms with Crippen molar-refractivity contribution < 1.29 is 9.13 Å². The first-order valence-electron chi connectivity index (χ1n) is 5.68. The second kappa shape index (κ2) is 5.49. The van der Waals surface area contributed by atoms with E-state index < -0.39 is 0 Å². The highest BCUT2D eigenvalue weighted by molar-refractivity contribution is 5.47. The lowest BCUT2D eigenvalue weighted by molar-refractivity contribution is 0.397. The molecule has 0 aliphatic carbocycles. The molecular weight excluding hydrogens is 231 g/mol. The third-order valence-electron chi connectivity index (χ3n) is 2.61.